The van der Waals surface area contributed by atoms with Gasteiger partial charge in [-0.15, -0.1) is 0 Å². The first kappa shape index (κ1) is 18.7. The maximum atomic E-state index is 13.4. The van der Waals surface area contributed by atoms with Crippen LogP contribution in [0.3, 0.4) is 0 Å². The second-order valence-corrected chi connectivity index (χ2v) is 7.49. The number of aryl methyl sites for hydroxylation is 2. The Labute approximate surface area is 162 Å². The number of rotatable bonds is 5. The number of benzene rings is 1. The quantitative estimate of drug-likeness (QED) is 0.634. The Kier molecular flexibility index (Phi) is 4.98. The molecular weight excluding hydrogens is 360 g/mol. The molecule has 28 heavy (non-hydrogen) atoms. The fraction of sp³-hybridized carbons (Fsp3) is 0.364. The lowest BCUT2D eigenvalue weighted by Crippen LogP contribution is -2.30. The number of Topliss-reactive ketones (excluding diaryl/α,β-unsaturated/α-hetero) is 1. The predicted octanol–water partition coefficient (Wildman–Crippen LogP) is 4.59. The molecule has 1 fully saturated rings. The van der Waals surface area contributed by atoms with Crippen LogP contribution in [0.2, 0.25) is 0 Å². The highest BCUT2D eigenvalue weighted by molar-refractivity contribution is 6.04. The van der Waals surface area contributed by atoms with E-state index in [1.165, 1.54) is 0 Å². The van der Waals surface area contributed by atoms with E-state index >= 15 is 0 Å². The summed E-state index contributed by atoms with van der Waals surface area (Å²) in [6.45, 7) is 4.61. The highest BCUT2D eigenvalue weighted by atomic mass is 19.3. The number of alkyl halides is 2. The van der Waals surface area contributed by atoms with E-state index < -0.39 is 6.43 Å². The third kappa shape index (κ3) is 3.56. The molecule has 3 heterocycles. The van der Waals surface area contributed by atoms with Crippen LogP contribution in [-0.2, 0) is 6.42 Å². The third-order valence-corrected chi connectivity index (χ3v) is 5.30. The van der Waals surface area contributed by atoms with E-state index in [2.05, 4.69) is 15.3 Å². The van der Waals surface area contributed by atoms with Crippen molar-refractivity contribution in [3.8, 4) is 11.3 Å². The smallest absolute Gasteiger partial charge is 0.242 e. The minimum atomic E-state index is -2.47. The lowest BCUT2D eigenvalue weighted by Gasteiger charge is -2.10. The van der Waals surface area contributed by atoms with Crippen LogP contribution in [0.15, 0.2) is 30.3 Å². The number of aromatic nitrogens is 2. The second-order valence-electron chi connectivity index (χ2n) is 7.49. The molecule has 0 radical (unpaired) electrons. The molecular formula is C22H23F2N3O. The summed E-state index contributed by atoms with van der Waals surface area (Å²) in [6, 6.07) is 8.95. The largest absolute Gasteiger partial charge is 0.354 e. The van der Waals surface area contributed by atoms with E-state index in [4.69, 9.17) is 0 Å². The van der Waals surface area contributed by atoms with Gasteiger partial charge in [0.05, 0.1) is 11.7 Å². The van der Waals surface area contributed by atoms with Crippen molar-refractivity contribution in [2.24, 2.45) is 0 Å². The minimum Gasteiger partial charge on any atom is -0.354 e. The van der Waals surface area contributed by atoms with E-state index in [1.54, 1.807) is 12.1 Å². The summed E-state index contributed by atoms with van der Waals surface area (Å²) in [5.74, 6) is 0.0285. The Balaban J connectivity index is 1.84. The summed E-state index contributed by atoms with van der Waals surface area (Å²) in [7, 11) is 0. The highest BCUT2D eigenvalue weighted by Gasteiger charge is 2.25. The van der Waals surface area contributed by atoms with Gasteiger partial charge >= 0.3 is 0 Å². The van der Waals surface area contributed by atoms with Crippen LogP contribution >= 0.6 is 0 Å². The Hall–Kier alpha value is -2.60. The molecule has 3 aromatic rings. The zero-order valence-electron chi connectivity index (χ0n) is 16.0. The standard InChI is InChI=1S/C22H23F2N3O/c1-12-8-15(9-13(2)26-12)21-17(11-20(23)24)16-10-14(5-6-18(16)27-21)22(28)19-4-3-7-25-19/h5-6,8-10,19-20,25,27H,3-4,7,11H2,1-2H3. The van der Waals surface area contributed by atoms with Crippen molar-refractivity contribution in [3.05, 3.63) is 52.8 Å². The molecule has 1 aliphatic rings. The van der Waals surface area contributed by atoms with E-state index in [0.29, 0.717) is 22.2 Å². The van der Waals surface area contributed by atoms with Crippen molar-refractivity contribution in [1.82, 2.24) is 15.3 Å². The first-order chi connectivity index (χ1) is 13.4. The Morgan fingerprint density at radius 3 is 2.61 bits per heavy atom. The molecule has 146 valence electrons. The van der Waals surface area contributed by atoms with Crippen molar-refractivity contribution < 1.29 is 13.6 Å². The van der Waals surface area contributed by atoms with Crippen LogP contribution in [-0.4, -0.2) is 34.8 Å². The van der Waals surface area contributed by atoms with Gasteiger partial charge in [-0.3, -0.25) is 9.78 Å². The molecule has 0 saturated carbocycles. The molecule has 0 amide bonds. The molecule has 2 aromatic heterocycles. The molecule has 1 unspecified atom stereocenters. The molecule has 1 saturated heterocycles. The fourth-order valence-corrected chi connectivity index (χ4v) is 4.10. The van der Waals surface area contributed by atoms with Crippen LogP contribution in [0.5, 0.6) is 0 Å². The average molecular weight is 383 g/mol. The lowest BCUT2D eigenvalue weighted by atomic mass is 9.98. The fourth-order valence-electron chi connectivity index (χ4n) is 4.10. The third-order valence-electron chi connectivity index (χ3n) is 5.30. The van der Waals surface area contributed by atoms with Crippen molar-refractivity contribution in [1.29, 1.82) is 0 Å². The summed E-state index contributed by atoms with van der Waals surface area (Å²) >= 11 is 0. The molecule has 0 spiro atoms. The van der Waals surface area contributed by atoms with Gasteiger partial charge in [0.25, 0.3) is 0 Å². The summed E-state index contributed by atoms with van der Waals surface area (Å²) in [5.41, 5.74) is 5.04. The first-order valence-corrected chi connectivity index (χ1v) is 9.58. The van der Waals surface area contributed by atoms with Gasteiger partial charge in [-0.05, 0) is 69.1 Å². The van der Waals surface area contributed by atoms with Gasteiger partial charge in [-0.1, -0.05) is 0 Å². The number of halogens is 2. The van der Waals surface area contributed by atoms with Crippen LogP contribution in [0.4, 0.5) is 8.78 Å². The van der Waals surface area contributed by atoms with Gasteiger partial charge in [0.1, 0.15) is 0 Å². The molecule has 1 atom stereocenters. The van der Waals surface area contributed by atoms with Gasteiger partial charge < -0.3 is 10.3 Å². The summed E-state index contributed by atoms with van der Waals surface area (Å²) < 4.78 is 26.8. The summed E-state index contributed by atoms with van der Waals surface area (Å²) in [4.78, 5) is 20.4. The predicted molar refractivity (Wildman–Crippen MR) is 106 cm³/mol. The second kappa shape index (κ2) is 7.43. The summed E-state index contributed by atoms with van der Waals surface area (Å²) in [5, 5.41) is 3.90. The van der Waals surface area contributed by atoms with E-state index in [0.717, 1.165) is 41.9 Å². The molecule has 0 aliphatic carbocycles. The number of fused-ring (bicyclic) bond motifs is 1. The lowest BCUT2D eigenvalue weighted by molar-refractivity contribution is 0.0952. The number of ketones is 1. The van der Waals surface area contributed by atoms with Crippen molar-refractivity contribution in [3.63, 3.8) is 0 Å². The van der Waals surface area contributed by atoms with Gasteiger partial charge in [-0.25, -0.2) is 8.78 Å². The summed E-state index contributed by atoms with van der Waals surface area (Å²) in [6.07, 6.45) is -1.05. The number of carbonyl (C=O) groups excluding carboxylic acids is 1. The van der Waals surface area contributed by atoms with Gasteiger partial charge in [0.2, 0.25) is 6.43 Å². The number of nitrogens with zero attached hydrogens (tertiary/aromatic N) is 1. The van der Waals surface area contributed by atoms with Gasteiger partial charge in [0, 0.05) is 39.8 Å². The number of hydrogen-bond acceptors (Lipinski definition) is 3. The van der Waals surface area contributed by atoms with Crippen molar-refractivity contribution in [2.45, 2.75) is 45.6 Å². The molecule has 4 rings (SSSR count). The van der Waals surface area contributed by atoms with Crippen LogP contribution < -0.4 is 5.32 Å². The maximum Gasteiger partial charge on any atom is 0.242 e. The topological polar surface area (TPSA) is 57.8 Å². The molecule has 0 bridgehead atoms. The molecule has 2 N–H and O–H groups in total. The van der Waals surface area contributed by atoms with Gasteiger partial charge in [0.15, 0.2) is 5.78 Å². The SMILES string of the molecule is Cc1cc(-c2[nH]c3ccc(C(=O)C4CCCN4)cc3c2CC(F)F)cc(C)n1. The average Bonchev–Trinajstić information content (AvgIpc) is 3.28. The Morgan fingerprint density at radius 1 is 1.21 bits per heavy atom. The number of nitrogens with one attached hydrogen (secondary N) is 2. The minimum absolute atomic E-state index is 0.0285. The molecule has 6 heteroatoms. The van der Waals surface area contributed by atoms with E-state index in [1.807, 2.05) is 32.0 Å². The maximum absolute atomic E-state index is 13.4. The Morgan fingerprint density at radius 2 is 1.96 bits per heavy atom. The number of aromatic amines is 1. The van der Waals surface area contributed by atoms with E-state index in [9.17, 15) is 13.6 Å². The highest BCUT2D eigenvalue weighted by Crippen LogP contribution is 2.33. The van der Waals surface area contributed by atoms with Gasteiger partial charge in [-0.2, -0.15) is 0 Å². The number of hydrogen-bond donors (Lipinski definition) is 2. The zero-order chi connectivity index (χ0) is 19.8. The normalized spacial score (nSPS) is 17.0. The number of carbonyl (C=O) groups is 1. The first-order valence-electron chi connectivity index (χ1n) is 9.58. The van der Waals surface area contributed by atoms with Crippen LogP contribution in [0.25, 0.3) is 22.2 Å². The monoisotopic (exact) mass is 383 g/mol. The molecule has 1 aliphatic heterocycles. The van der Waals surface area contributed by atoms with E-state index in [-0.39, 0.29) is 18.2 Å². The van der Waals surface area contributed by atoms with Crippen LogP contribution in [0, 0.1) is 13.8 Å². The molecule has 4 nitrogen and oxygen atoms in total. The molecule has 1 aromatic carbocycles. The van der Waals surface area contributed by atoms with Crippen LogP contribution in [0.1, 0.15) is 40.2 Å². The van der Waals surface area contributed by atoms with Crippen molar-refractivity contribution in [2.75, 3.05) is 6.54 Å². The van der Waals surface area contributed by atoms with Crippen molar-refractivity contribution >= 4 is 16.7 Å². The number of pyridine rings is 1. The Bertz CT molecular complexity index is 1020. The number of H-pyrrole nitrogens is 1. The zero-order valence-corrected chi connectivity index (χ0v) is 16.0.